The Morgan fingerprint density at radius 2 is 2.06 bits per heavy atom. The zero-order valence-corrected chi connectivity index (χ0v) is 10.9. The predicted molar refractivity (Wildman–Crippen MR) is 64.6 cm³/mol. The zero-order chi connectivity index (χ0) is 12.6. The summed E-state index contributed by atoms with van der Waals surface area (Å²) in [6, 6.07) is 0.195. The Morgan fingerprint density at radius 1 is 1.35 bits per heavy atom. The molecule has 0 unspecified atom stereocenters. The fourth-order valence-corrected chi connectivity index (χ4v) is 3.33. The summed E-state index contributed by atoms with van der Waals surface area (Å²) < 4.78 is 5.26. The van der Waals surface area contributed by atoms with E-state index in [1.54, 1.807) is 0 Å². The van der Waals surface area contributed by atoms with Gasteiger partial charge in [-0.25, -0.2) is 4.79 Å². The molecule has 2 N–H and O–H groups in total. The lowest BCUT2D eigenvalue weighted by atomic mass is 9.86. The molecule has 0 spiro atoms. The minimum absolute atomic E-state index is 0.195. The molecule has 4 atom stereocenters. The number of carbonyl (C=O) groups is 1. The topological polar surface area (TPSA) is 58.6 Å². The largest absolute Gasteiger partial charge is 0.444 e. The van der Waals surface area contributed by atoms with Crippen LogP contribution in [0.15, 0.2) is 0 Å². The molecular formula is C13H23NO3. The average Bonchev–Trinajstić information content (AvgIpc) is 2.72. The molecule has 0 heterocycles. The van der Waals surface area contributed by atoms with Gasteiger partial charge in [-0.2, -0.15) is 0 Å². The van der Waals surface area contributed by atoms with E-state index >= 15 is 0 Å². The quantitative estimate of drug-likeness (QED) is 0.776. The lowest BCUT2D eigenvalue weighted by molar-refractivity contribution is 0.0461. The zero-order valence-electron chi connectivity index (χ0n) is 10.9. The lowest BCUT2D eigenvalue weighted by Gasteiger charge is -2.30. The molecule has 0 aromatic heterocycles. The number of carbonyl (C=O) groups excluding carboxylic acids is 1. The van der Waals surface area contributed by atoms with Crippen molar-refractivity contribution in [3.63, 3.8) is 0 Å². The van der Waals surface area contributed by atoms with Crippen molar-refractivity contribution in [2.24, 2.45) is 17.8 Å². The van der Waals surface area contributed by atoms with E-state index in [4.69, 9.17) is 4.74 Å². The maximum atomic E-state index is 11.7. The van der Waals surface area contributed by atoms with Crippen LogP contribution in [0.5, 0.6) is 0 Å². The van der Waals surface area contributed by atoms with E-state index in [1.807, 2.05) is 20.8 Å². The second-order valence-electron chi connectivity index (χ2n) is 6.43. The van der Waals surface area contributed by atoms with Crippen molar-refractivity contribution in [3.8, 4) is 0 Å². The van der Waals surface area contributed by atoms with Crippen LogP contribution >= 0.6 is 0 Å². The standard InChI is InChI=1S/C13H23NO3/c1-13(2,3)17-12(16)14-11-6-8-4-9(7-15)10(11)5-8/h8-11,15H,4-7H2,1-3H3,(H,14,16)/t8-,9+,10-,11-/m0/s1. The summed E-state index contributed by atoms with van der Waals surface area (Å²) in [5.74, 6) is 1.49. The van der Waals surface area contributed by atoms with E-state index in [0.29, 0.717) is 17.8 Å². The Kier molecular flexibility index (Phi) is 3.34. The predicted octanol–water partition coefficient (Wildman–Crippen LogP) is 1.92. The number of hydrogen-bond donors (Lipinski definition) is 2. The number of hydrogen-bond acceptors (Lipinski definition) is 3. The van der Waals surface area contributed by atoms with Gasteiger partial charge < -0.3 is 15.2 Å². The fourth-order valence-electron chi connectivity index (χ4n) is 3.33. The number of amides is 1. The van der Waals surface area contributed by atoms with Crippen LogP contribution in [0, 0.1) is 17.8 Å². The number of aliphatic hydroxyl groups excluding tert-OH is 1. The van der Waals surface area contributed by atoms with Crippen molar-refractivity contribution < 1.29 is 14.6 Å². The van der Waals surface area contributed by atoms with Gasteiger partial charge in [-0.15, -0.1) is 0 Å². The molecule has 2 saturated carbocycles. The van der Waals surface area contributed by atoms with Crippen LogP contribution in [-0.2, 0) is 4.74 Å². The molecule has 0 radical (unpaired) electrons. The van der Waals surface area contributed by atoms with Gasteiger partial charge >= 0.3 is 6.09 Å². The first kappa shape index (κ1) is 12.7. The maximum Gasteiger partial charge on any atom is 0.407 e. The summed E-state index contributed by atoms with van der Waals surface area (Å²) in [4.78, 5) is 11.7. The summed E-state index contributed by atoms with van der Waals surface area (Å²) in [5, 5.41) is 12.2. The van der Waals surface area contributed by atoms with Crippen LogP contribution < -0.4 is 5.32 Å². The Balaban J connectivity index is 1.86. The number of ether oxygens (including phenoxy) is 1. The van der Waals surface area contributed by atoms with E-state index in [2.05, 4.69) is 5.32 Å². The molecule has 0 aromatic carbocycles. The molecular weight excluding hydrogens is 218 g/mol. The van der Waals surface area contributed by atoms with Gasteiger partial charge in [0.1, 0.15) is 5.60 Å². The van der Waals surface area contributed by atoms with Crippen molar-refractivity contribution in [2.75, 3.05) is 6.61 Å². The highest BCUT2D eigenvalue weighted by Crippen LogP contribution is 2.48. The van der Waals surface area contributed by atoms with Crippen molar-refractivity contribution >= 4 is 6.09 Å². The summed E-state index contributed by atoms with van der Waals surface area (Å²) in [6.07, 6.45) is 2.98. The maximum absolute atomic E-state index is 11.7. The van der Waals surface area contributed by atoms with Crippen LogP contribution in [0.1, 0.15) is 40.0 Å². The van der Waals surface area contributed by atoms with Gasteiger partial charge in [-0.3, -0.25) is 0 Å². The first-order valence-corrected chi connectivity index (χ1v) is 6.49. The lowest BCUT2D eigenvalue weighted by Crippen LogP contribution is -2.44. The normalized spacial score (nSPS) is 36.0. The molecule has 2 aliphatic rings. The molecule has 2 bridgehead atoms. The first-order valence-electron chi connectivity index (χ1n) is 6.49. The van der Waals surface area contributed by atoms with Crippen LogP contribution in [0.3, 0.4) is 0 Å². The van der Waals surface area contributed by atoms with Gasteiger partial charge in [-0.05, 0) is 57.8 Å². The van der Waals surface area contributed by atoms with Crippen molar-refractivity contribution in [1.29, 1.82) is 0 Å². The highest BCUT2D eigenvalue weighted by Gasteiger charge is 2.46. The fraction of sp³-hybridized carbons (Fsp3) is 0.923. The van der Waals surface area contributed by atoms with Crippen molar-refractivity contribution in [1.82, 2.24) is 5.32 Å². The number of nitrogens with one attached hydrogen (secondary N) is 1. The van der Waals surface area contributed by atoms with Gasteiger partial charge in [-0.1, -0.05) is 0 Å². The third-order valence-corrected chi connectivity index (χ3v) is 3.89. The number of rotatable bonds is 2. The van der Waals surface area contributed by atoms with E-state index in [9.17, 15) is 9.90 Å². The third kappa shape index (κ3) is 2.92. The molecule has 2 fully saturated rings. The molecule has 4 nitrogen and oxygen atoms in total. The minimum Gasteiger partial charge on any atom is -0.444 e. The second-order valence-corrected chi connectivity index (χ2v) is 6.43. The van der Waals surface area contributed by atoms with Gasteiger partial charge in [0.2, 0.25) is 0 Å². The Hall–Kier alpha value is -0.770. The Labute approximate surface area is 103 Å². The summed E-state index contributed by atoms with van der Waals surface area (Å²) in [7, 11) is 0. The number of alkyl carbamates (subject to hydrolysis) is 1. The Bertz CT molecular complexity index is 298. The second kappa shape index (κ2) is 4.48. The van der Waals surface area contributed by atoms with Gasteiger partial charge in [0.25, 0.3) is 0 Å². The van der Waals surface area contributed by atoms with Gasteiger partial charge in [0.05, 0.1) is 0 Å². The highest BCUT2D eigenvalue weighted by molar-refractivity contribution is 5.68. The summed E-state index contributed by atoms with van der Waals surface area (Å²) in [5.41, 5.74) is -0.446. The summed E-state index contributed by atoms with van der Waals surface area (Å²) in [6.45, 7) is 5.84. The van der Waals surface area contributed by atoms with Crippen LogP contribution in [-0.4, -0.2) is 29.4 Å². The molecule has 0 saturated heterocycles. The van der Waals surface area contributed by atoms with E-state index in [0.717, 1.165) is 19.3 Å². The van der Waals surface area contributed by atoms with Gasteiger partial charge in [0.15, 0.2) is 0 Å². The van der Waals surface area contributed by atoms with Gasteiger partial charge in [0, 0.05) is 12.6 Å². The van der Waals surface area contributed by atoms with E-state index in [-0.39, 0.29) is 18.7 Å². The van der Waals surface area contributed by atoms with Crippen molar-refractivity contribution in [3.05, 3.63) is 0 Å². The molecule has 98 valence electrons. The molecule has 0 aliphatic heterocycles. The summed E-state index contributed by atoms with van der Waals surface area (Å²) >= 11 is 0. The average molecular weight is 241 g/mol. The van der Waals surface area contributed by atoms with Crippen LogP contribution in [0.2, 0.25) is 0 Å². The monoisotopic (exact) mass is 241 g/mol. The van der Waals surface area contributed by atoms with E-state index in [1.165, 1.54) is 0 Å². The minimum atomic E-state index is -0.446. The molecule has 0 aromatic rings. The Morgan fingerprint density at radius 3 is 2.59 bits per heavy atom. The number of fused-ring (bicyclic) bond motifs is 2. The molecule has 17 heavy (non-hydrogen) atoms. The smallest absolute Gasteiger partial charge is 0.407 e. The molecule has 1 amide bonds. The van der Waals surface area contributed by atoms with Crippen LogP contribution in [0.4, 0.5) is 4.79 Å². The number of aliphatic hydroxyl groups is 1. The molecule has 4 heteroatoms. The SMILES string of the molecule is CC(C)(C)OC(=O)N[C@H]1C[C@H]2C[C@H](CO)[C@@H]1C2. The van der Waals surface area contributed by atoms with E-state index < -0.39 is 5.60 Å². The molecule has 2 rings (SSSR count). The molecule has 2 aliphatic carbocycles. The van der Waals surface area contributed by atoms with Crippen LogP contribution in [0.25, 0.3) is 0 Å². The van der Waals surface area contributed by atoms with Crippen molar-refractivity contribution in [2.45, 2.75) is 51.7 Å². The highest BCUT2D eigenvalue weighted by atomic mass is 16.6. The third-order valence-electron chi connectivity index (χ3n) is 3.89. The first-order chi connectivity index (χ1) is 7.89.